The van der Waals surface area contributed by atoms with E-state index >= 15 is 0 Å². The number of carbonyl (C=O) groups is 2. The van der Waals surface area contributed by atoms with Crippen LogP contribution in [0.4, 0.5) is 10.5 Å². The quantitative estimate of drug-likeness (QED) is 0.722. The summed E-state index contributed by atoms with van der Waals surface area (Å²) in [5, 5.41) is 18.1. The number of aromatic nitrogens is 2. The summed E-state index contributed by atoms with van der Waals surface area (Å²) in [4.78, 5) is 22.7. The molecule has 1 saturated carbocycles. The summed E-state index contributed by atoms with van der Waals surface area (Å²) in [5.74, 6) is -0.560. The lowest BCUT2D eigenvalue weighted by Crippen LogP contribution is -2.43. The molecule has 2 rings (SSSR count). The van der Waals surface area contributed by atoms with Crippen LogP contribution in [0.1, 0.15) is 26.2 Å². The summed E-state index contributed by atoms with van der Waals surface area (Å²) < 4.78 is 1.68. The lowest BCUT2D eigenvalue weighted by Gasteiger charge is -2.14. The minimum atomic E-state index is -0.994. The number of hydrogen-bond acceptors (Lipinski definition) is 3. The minimum absolute atomic E-state index is 0.434. The van der Waals surface area contributed by atoms with Crippen LogP contribution in [0.2, 0.25) is 0 Å². The van der Waals surface area contributed by atoms with Crippen molar-refractivity contribution in [1.29, 1.82) is 0 Å². The number of nitrogens with zero attached hydrogens (tertiary/aromatic N) is 2. The van der Waals surface area contributed by atoms with Crippen molar-refractivity contribution in [3.63, 3.8) is 0 Å². The fraction of sp³-hybridized carbons (Fsp3) is 0.583. The summed E-state index contributed by atoms with van der Waals surface area (Å²) in [6, 6.07) is -1.34. The molecule has 1 unspecified atom stereocenters. The first kappa shape index (κ1) is 13.4. The first-order valence-electron chi connectivity index (χ1n) is 6.41. The Morgan fingerprint density at radius 3 is 2.84 bits per heavy atom. The smallest absolute Gasteiger partial charge is 0.326 e. The Hall–Kier alpha value is -2.05. The van der Waals surface area contributed by atoms with Crippen molar-refractivity contribution >= 4 is 17.7 Å². The highest BCUT2D eigenvalue weighted by Gasteiger charge is 2.30. The van der Waals surface area contributed by atoms with E-state index in [0.29, 0.717) is 24.6 Å². The molecule has 0 bridgehead atoms. The predicted octanol–water partition coefficient (Wildman–Crippen LogP) is 1.28. The van der Waals surface area contributed by atoms with E-state index in [-0.39, 0.29) is 0 Å². The molecule has 7 heteroatoms. The standard InChI is InChI=1S/C12H18N4O3/c1-2-16-7-9(6-13-16)14-12(19)15-10(11(17)18)5-8-3-4-8/h6-8,10H,2-5H2,1H3,(H,17,18)(H2,14,15,19). The highest BCUT2D eigenvalue weighted by molar-refractivity contribution is 5.91. The summed E-state index contributed by atoms with van der Waals surface area (Å²) in [6.07, 6.45) is 5.82. The van der Waals surface area contributed by atoms with Crippen LogP contribution in [0.5, 0.6) is 0 Å². The van der Waals surface area contributed by atoms with Gasteiger partial charge < -0.3 is 15.7 Å². The van der Waals surface area contributed by atoms with E-state index in [4.69, 9.17) is 5.11 Å². The Bertz CT molecular complexity index is 467. The summed E-state index contributed by atoms with van der Waals surface area (Å²) >= 11 is 0. The molecule has 1 atom stereocenters. The SMILES string of the molecule is CCn1cc(NC(=O)NC(CC2CC2)C(=O)O)cn1. The second-order valence-electron chi connectivity index (χ2n) is 4.75. The van der Waals surface area contributed by atoms with Crippen LogP contribution in [0, 0.1) is 5.92 Å². The van der Waals surface area contributed by atoms with Crippen molar-refractivity contribution in [1.82, 2.24) is 15.1 Å². The molecule has 7 nitrogen and oxygen atoms in total. The molecule has 1 aliphatic carbocycles. The van der Waals surface area contributed by atoms with E-state index in [1.807, 2.05) is 6.92 Å². The number of nitrogens with one attached hydrogen (secondary N) is 2. The number of anilines is 1. The maximum Gasteiger partial charge on any atom is 0.326 e. The van der Waals surface area contributed by atoms with E-state index < -0.39 is 18.0 Å². The molecular weight excluding hydrogens is 248 g/mol. The van der Waals surface area contributed by atoms with E-state index in [9.17, 15) is 9.59 Å². The normalized spacial score (nSPS) is 15.8. The van der Waals surface area contributed by atoms with Gasteiger partial charge in [-0.3, -0.25) is 4.68 Å². The molecule has 0 spiro atoms. The van der Waals surface area contributed by atoms with Crippen molar-refractivity contribution < 1.29 is 14.7 Å². The highest BCUT2D eigenvalue weighted by Crippen LogP contribution is 2.33. The third-order valence-corrected chi connectivity index (χ3v) is 3.08. The molecule has 0 aromatic carbocycles. The highest BCUT2D eigenvalue weighted by atomic mass is 16.4. The number of urea groups is 1. The van der Waals surface area contributed by atoms with Crippen LogP contribution in [0.25, 0.3) is 0 Å². The van der Waals surface area contributed by atoms with Gasteiger partial charge in [-0.15, -0.1) is 0 Å². The molecule has 1 aromatic rings. The monoisotopic (exact) mass is 266 g/mol. The van der Waals surface area contributed by atoms with Crippen molar-refractivity contribution in [3.8, 4) is 0 Å². The second kappa shape index (κ2) is 5.73. The van der Waals surface area contributed by atoms with E-state index in [0.717, 1.165) is 12.8 Å². The van der Waals surface area contributed by atoms with Crippen molar-refractivity contribution in [2.75, 3.05) is 5.32 Å². The number of carboxylic acids is 1. The van der Waals surface area contributed by atoms with Crippen molar-refractivity contribution in [2.45, 2.75) is 38.8 Å². The summed E-state index contributed by atoms with van der Waals surface area (Å²) in [6.45, 7) is 2.65. The summed E-state index contributed by atoms with van der Waals surface area (Å²) in [7, 11) is 0. The van der Waals surface area contributed by atoms with E-state index in [1.54, 1.807) is 10.9 Å². The number of hydrogen-bond donors (Lipinski definition) is 3. The number of carboxylic acid groups (broad SMARTS) is 1. The average molecular weight is 266 g/mol. The van der Waals surface area contributed by atoms with Gasteiger partial charge in [-0.05, 0) is 19.3 Å². The van der Waals surface area contributed by atoms with Gasteiger partial charge in [0.25, 0.3) is 0 Å². The fourth-order valence-corrected chi connectivity index (χ4v) is 1.83. The predicted molar refractivity (Wildman–Crippen MR) is 68.8 cm³/mol. The number of aryl methyl sites for hydroxylation is 1. The van der Waals surface area contributed by atoms with Crippen LogP contribution < -0.4 is 10.6 Å². The Balaban J connectivity index is 1.85. The van der Waals surface area contributed by atoms with Crippen LogP contribution in [-0.2, 0) is 11.3 Å². The van der Waals surface area contributed by atoms with E-state index in [1.165, 1.54) is 6.20 Å². The van der Waals surface area contributed by atoms with Crippen LogP contribution in [0.15, 0.2) is 12.4 Å². The summed E-state index contributed by atoms with van der Waals surface area (Å²) in [5.41, 5.74) is 0.551. The molecule has 1 aromatic heterocycles. The van der Waals surface area contributed by atoms with Gasteiger partial charge in [0.15, 0.2) is 0 Å². The van der Waals surface area contributed by atoms with Crippen molar-refractivity contribution in [2.24, 2.45) is 5.92 Å². The Morgan fingerprint density at radius 1 is 1.58 bits per heavy atom. The molecule has 0 aliphatic heterocycles. The van der Waals surface area contributed by atoms with Gasteiger partial charge in [0.05, 0.1) is 11.9 Å². The second-order valence-corrected chi connectivity index (χ2v) is 4.75. The van der Waals surface area contributed by atoms with Gasteiger partial charge >= 0.3 is 12.0 Å². The van der Waals surface area contributed by atoms with Gasteiger partial charge in [0.2, 0.25) is 0 Å². The molecule has 0 saturated heterocycles. The maximum absolute atomic E-state index is 11.7. The molecule has 1 fully saturated rings. The number of amides is 2. The zero-order valence-electron chi connectivity index (χ0n) is 10.8. The van der Waals surface area contributed by atoms with Crippen molar-refractivity contribution in [3.05, 3.63) is 12.4 Å². The molecule has 1 heterocycles. The minimum Gasteiger partial charge on any atom is -0.480 e. The maximum atomic E-state index is 11.7. The fourth-order valence-electron chi connectivity index (χ4n) is 1.83. The molecule has 2 amide bonds. The Kier molecular flexibility index (Phi) is 4.03. The first-order valence-corrected chi connectivity index (χ1v) is 6.41. The van der Waals surface area contributed by atoms with Gasteiger partial charge in [-0.1, -0.05) is 12.8 Å². The lowest BCUT2D eigenvalue weighted by atomic mass is 10.1. The first-order chi connectivity index (χ1) is 9.08. The third kappa shape index (κ3) is 3.97. The van der Waals surface area contributed by atoms with Gasteiger partial charge in [0, 0.05) is 12.7 Å². The van der Waals surface area contributed by atoms with Gasteiger partial charge in [-0.25, -0.2) is 9.59 Å². The molecule has 104 valence electrons. The number of aliphatic carboxylic acids is 1. The van der Waals surface area contributed by atoms with Crippen LogP contribution >= 0.6 is 0 Å². The van der Waals surface area contributed by atoms with Crippen LogP contribution in [0.3, 0.4) is 0 Å². The largest absolute Gasteiger partial charge is 0.480 e. The Morgan fingerprint density at radius 2 is 2.32 bits per heavy atom. The zero-order chi connectivity index (χ0) is 13.8. The average Bonchev–Trinajstić information content (AvgIpc) is 3.06. The molecular formula is C12H18N4O3. The van der Waals surface area contributed by atoms with Crippen LogP contribution in [-0.4, -0.2) is 32.9 Å². The Labute approximate surface area is 111 Å². The third-order valence-electron chi connectivity index (χ3n) is 3.08. The molecule has 1 aliphatic rings. The lowest BCUT2D eigenvalue weighted by molar-refractivity contribution is -0.139. The number of rotatable bonds is 6. The zero-order valence-corrected chi connectivity index (χ0v) is 10.8. The number of carbonyl (C=O) groups excluding carboxylic acids is 1. The van der Waals surface area contributed by atoms with E-state index in [2.05, 4.69) is 15.7 Å². The molecule has 0 radical (unpaired) electrons. The molecule has 3 N–H and O–H groups in total. The molecule has 19 heavy (non-hydrogen) atoms. The van der Waals surface area contributed by atoms with Gasteiger partial charge in [-0.2, -0.15) is 5.10 Å². The topological polar surface area (TPSA) is 96.2 Å². The van der Waals surface area contributed by atoms with Gasteiger partial charge in [0.1, 0.15) is 6.04 Å².